The minimum atomic E-state index is -0.104. The van der Waals surface area contributed by atoms with Gasteiger partial charge in [0.2, 0.25) is 0 Å². The normalized spacial score (nSPS) is 16.7. The molecule has 2 aromatic rings. The van der Waals surface area contributed by atoms with E-state index in [2.05, 4.69) is 16.4 Å². The Bertz CT molecular complexity index is 919. The first-order valence-electron chi connectivity index (χ1n) is 7.71. The minimum absolute atomic E-state index is 0.104. The maximum atomic E-state index is 12.5. The highest BCUT2D eigenvalue weighted by atomic mass is 16.1. The molecule has 0 aromatic heterocycles. The zero-order valence-corrected chi connectivity index (χ0v) is 12.9. The first-order valence-corrected chi connectivity index (χ1v) is 7.71. The van der Waals surface area contributed by atoms with Crippen LogP contribution in [0.5, 0.6) is 0 Å². The number of benzene rings is 2. The molecule has 24 heavy (non-hydrogen) atoms. The lowest BCUT2D eigenvalue weighted by atomic mass is 10.1. The van der Waals surface area contributed by atoms with Crippen LogP contribution in [0.2, 0.25) is 0 Å². The lowest BCUT2D eigenvalue weighted by molar-refractivity contribution is 0.104. The Kier molecular flexibility index (Phi) is 3.36. The molecule has 0 saturated heterocycles. The maximum absolute atomic E-state index is 12.5. The maximum Gasteiger partial charge on any atom is 0.189 e. The number of fused-ring (bicyclic) bond motifs is 3. The van der Waals surface area contributed by atoms with Crippen molar-refractivity contribution in [1.29, 1.82) is 5.26 Å². The van der Waals surface area contributed by atoms with Crippen molar-refractivity contribution in [1.82, 2.24) is 4.90 Å². The van der Waals surface area contributed by atoms with Gasteiger partial charge in [0, 0.05) is 23.7 Å². The predicted octanol–water partition coefficient (Wildman–Crippen LogP) is 2.77. The predicted molar refractivity (Wildman–Crippen MR) is 91.7 cm³/mol. The number of nitriles is 1. The van der Waals surface area contributed by atoms with Crippen LogP contribution in [0.3, 0.4) is 0 Å². The highest BCUT2D eigenvalue weighted by Crippen LogP contribution is 2.29. The van der Waals surface area contributed by atoms with Crippen molar-refractivity contribution in [3.05, 3.63) is 77.1 Å². The number of carbonyl (C=O) groups is 1. The summed E-state index contributed by atoms with van der Waals surface area (Å²) < 4.78 is 0. The van der Waals surface area contributed by atoms with Gasteiger partial charge in [-0.25, -0.2) is 0 Å². The van der Waals surface area contributed by atoms with Crippen molar-refractivity contribution < 1.29 is 4.79 Å². The van der Waals surface area contributed by atoms with E-state index >= 15 is 0 Å². The van der Waals surface area contributed by atoms with Crippen LogP contribution < -0.4 is 5.32 Å². The van der Waals surface area contributed by atoms with Gasteiger partial charge in [-0.1, -0.05) is 12.1 Å². The van der Waals surface area contributed by atoms with Crippen molar-refractivity contribution in [3.8, 4) is 6.07 Å². The Balaban J connectivity index is 1.69. The molecule has 0 unspecified atom stereocenters. The number of aliphatic imine (C=N–C) groups is 1. The molecule has 2 aliphatic heterocycles. The van der Waals surface area contributed by atoms with Gasteiger partial charge in [-0.3, -0.25) is 9.79 Å². The molecule has 0 atom stereocenters. The molecule has 2 aliphatic rings. The molecule has 0 aliphatic carbocycles. The van der Waals surface area contributed by atoms with Crippen LogP contribution in [0, 0.1) is 11.3 Å². The van der Waals surface area contributed by atoms with E-state index in [1.807, 2.05) is 29.2 Å². The Morgan fingerprint density at radius 3 is 2.79 bits per heavy atom. The van der Waals surface area contributed by atoms with Gasteiger partial charge in [0.1, 0.15) is 11.7 Å². The second-order valence-electron chi connectivity index (χ2n) is 5.61. The number of nitrogens with zero attached hydrogens (tertiary/aromatic N) is 3. The summed E-state index contributed by atoms with van der Waals surface area (Å²) in [5.41, 5.74) is 3.10. The summed E-state index contributed by atoms with van der Waals surface area (Å²) in [6.07, 6.45) is 1.60. The van der Waals surface area contributed by atoms with E-state index < -0.39 is 0 Å². The molecule has 4 rings (SSSR count). The number of para-hydroxylation sites is 1. The van der Waals surface area contributed by atoms with Crippen LogP contribution in [-0.2, 0) is 0 Å². The zero-order chi connectivity index (χ0) is 16.5. The summed E-state index contributed by atoms with van der Waals surface area (Å²) in [6, 6.07) is 16.6. The number of amidine groups is 1. The minimum Gasteiger partial charge on any atom is -0.341 e. The van der Waals surface area contributed by atoms with Gasteiger partial charge in [0.25, 0.3) is 0 Å². The van der Waals surface area contributed by atoms with Gasteiger partial charge >= 0.3 is 0 Å². The smallest absolute Gasteiger partial charge is 0.189 e. The molecule has 1 N–H and O–H groups in total. The van der Waals surface area contributed by atoms with Crippen LogP contribution in [0.4, 0.5) is 5.69 Å². The Morgan fingerprint density at radius 1 is 1.21 bits per heavy atom. The topological polar surface area (TPSA) is 68.5 Å². The second kappa shape index (κ2) is 5.67. The Hall–Kier alpha value is -3.39. The Morgan fingerprint density at radius 2 is 2.00 bits per heavy atom. The highest BCUT2D eigenvalue weighted by Gasteiger charge is 2.29. The third-order valence-electron chi connectivity index (χ3n) is 4.13. The third-order valence-corrected chi connectivity index (χ3v) is 4.13. The van der Waals surface area contributed by atoms with Gasteiger partial charge in [0.15, 0.2) is 5.78 Å². The molecule has 0 radical (unpaired) electrons. The third kappa shape index (κ3) is 2.34. The van der Waals surface area contributed by atoms with Gasteiger partial charge in [-0.15, -0.1) is 0 Å². The highest BCUT2D eigenvalue weighted by molar-refractivity contribution is 6.10. The second-order valence-corrected chi connectivity index (χ2v) is 5.61. The molecule has 0 fully saturated rings. The fourth-order valence-electron chi connectivity index (χ4n) is 2.94. The van der Waals surface area contributed by atoms with Crippen LogP contribution in [-0.4, -0.2) is 29.6 Å². The summed E-state index contributed by atoms with van der Waals surface area (Å²) in [6.45, 7) is 1.47. The Labute approximate surface area is 139 Å². The number of ketones is 1. The number of anilines is 1. The van der Waals surface area contributed by atoms with E-state index in [1.165, 1.54) is 0 Å². The number of carbonyl (C=O) groups excluding carboxylic acids is 1. The van der Waals surface area contributed by atoms with Gasteiger partial charge in [-0.2, -0.15) is 5.26 Å². The molecular weight excluding hydrogens is 300 g/mol. The average Bonchev–Trinajstić information content (AvgIpc) is 3.12. The summed E-state index contributed by atoms with van der Waals surface area (Å²) >= 11 is 0. The molecular formula is C19H14N4O. The molecule has 0 amide bonds. The van der Waals surface area contributed by atoms with Crippen LogP contribution in [0.1, 0.15) is 21.5 Å². The molecule has 5 nitrogen and oxygen atoms in total. The average molecular weight is 314 g/mol. The van der Waals surface area contributed by atoms with Crippen LogP contribution in [0.15, 0.2) is 65.4 Å². The lowest BCUT2D eigenvalue weighted by Gasteiger charge is -2.31. The number of nitrogens with one attached hydrogen (secondary N) is 1. The van der Waals surface area contributed by atoms with E-state index in [9.17, 15) is 4.79 Å². The van der Waals surface area contributed by atoms with Crippen molar-refractivity contribution in [2.45, 2.75) is 0 Å². The fourth-order valence-corrected chi connectivity index (χ4v) is 2.94. The van der Waals surface area contributed by atoms with Gasteiger partial charge in [0.05, 0.1) is 23.9 Å². The SMILES string of the molecule is N#Cc1ccc(C(=O)C=C2Nc3ccccc3C3=NCCN23)cc1. The van der Waals surface area contributed by atoms with Crippen LogP contribution >= 0.6 is 0 Å². The van der Waals surface area contributed by atoms with E-state index in [1.54, 1.807) is 30.3 Å². The molecule has 116 valence electrons. The van der Waals surface area contributed by atoms with Crippen molar-refractivity contribution >= 4 is 17.3 Å². The van der Waals surface area contributed by atoms with Gasteiger partial charge < -0.3 is 10.2 Å². The quantitative estimate of drug-likeness (QED) is 0.683. The molecule has 0 saturated carbocycles. The number of rotatable bonds is 2. The number of hydrogen-bond donors (Lipinski definition) is 1. The van der Waals surface area contributed by atoms with Crippen molar-refractivity contribution in [2.24, 2.45) is 4.99 Å². The number of hydrogen-bond acceptors (Lipinski definition) is 5. The van der Waals surface area contributed by atoms with E-state index in [-0.39, 0.29) is 5.78 Å². The summed E-state index contributed by atoms with van der Waals surface area (Å²) in [7, 11) is 0. The lowest BCUT2D eigenvalue weighted by Crippen LogP contribution is -2.36. The summed E-state index contributed by atoms with van der Waals surface area (Å²) in [4.78, 5) is 19.1. The monoisotopic (exact) mass is 314 g/mol. The largest absolute Gasteiger partial charge is 0.341 e. The molecule has 2 heterocycles. The molecule has 0 bridgehead atoms. The van der Waals surface area contributed by atoms with Crippen LogP contribution in [0.25, 0.3) is 0 Å². The standard InChI is InChI=1S/C19H14N4O/c20-12-13-5-7-14(8-6-13)17(24)11-18-22-16-4-2-1-3-15(16)19-21-9-10-23(18)19/h1-8,11,22H,9-10H2. The number of allylic oxidation sites excluding steroid dienone is 1. The first kappa shape index (κ1) is 14.2. The summed E-state index contributed by atoms with van der Waals surface area (Å²) in [5.74, 6) is 1.54. The van der Waals surface area contributed by atoms with E-state index in [0.29, 0.717) is 17.7 Å². The molecule has 0 spiro atoms. The molecule has 5 heteroatoms. The van der Waals surface area contributed by atoms with Crippen molar-refractivity contribution in [2.75, 3.05) is 18.4 Å². The molecule has 2 aromatic carbocycles. The van der Waals surface area contributed by atoms with Gasteiger partial charge in [-0.05, 0) is 36.4 Å². The zero-order valence-electron chi connectivity index (χ0n) is 12.9. The summed E-state index contributed by atoms with van der Waals surface area (Å²) in [5, 5.41) is 12.2. The van der Waals surface area contributed by atoms with Crippen molar-refractivity contribution in [3.63, 3.8) is 0 Å². The fraction of sp³-hybridized carbons (Fsp3) is 0.105. The van der Waals surface area contributed by atoms with E-state index in [4.69, 9.17) is 5.26 Å². The first-order chi connectivity index (χ1) is 11.8. The van der Waals surface area contributed by atoms with E-state index in [0.717, 1.165) is 29.5 Å².